The van der Waals surface area contributed by atoms with Crippen molar-refractivity contribution in [1.82, 2.24) is 10.2 Å². The standard InChI is InChI=1S/C35H46N4O5/c1-6-7-8-9-12-20-39(33(42)29(23-30(36)40)38-34(43)44-35(3,4)5)31(27-17-13-14-24(2)21-27)32(41)37-28-19-18-25-15-10-11-16-26(25)22-28/h10-11,13-19,21-22,29,31H,6-9,12,20,23H2,1-5H3,(H2,36,40)(H,37,41)(H,38,43). The molecule has 0 radical (unpaired) electrons. The summed E-state index contributed by atoms with van der Waals surface area (Å²) in [5, 5.41) is 7.55. The number of hydrogen-bond donors (Lipinski definition) is 3. The van der Waals surface area contributed by atoms with E-state index in [2.05, 4.69) is 17.6 Å². The molecule has 3 aromatic carbocycles. The molecule has 44 heavy (non-hydrogen) atoms. The number of primary amides is 1. The highest BCUT2D eigenvalue weighted by Crippen LogP contribution is 2.27. The van der Waals surface area contributed by atoms with Gasteiger partial charge < -0.3 is 26.0 Å². The number of nitrogens with zero attached hydrogens (tertiary/aromatic N) is 1. The fourth-order valence-electron chi connectivity index (χ4n) is 5.09. The summed E-state index contributed by atoms with van der Waals surface area (Å²) >= 11 is 0. The van der Waals surface area contributed by atoms with Crippen LogP contribution in [0.2, 0.25) is 0 Å². The van der Waals surface area contributed by atoms with E-state index >= 15 is 0 Å². The van der Waals surface area contributed by atoms with Gasteiger partial charge in [-0.05, 0) is 62.6 Å². The summed E-state index contributed by atoms with van der Waals surface area (Å²) in [6.07, 6.45) is 3.28. The lowest BCUT2D eigenvalue weighted by Gasteiger charge is -2.34. The number of nitrogens with one attached hydrogen (secondary N) is 2. The number of amides is 4. The van der Waals surface area contributed by atoms with E-state index < -0.39 is 47.9 Å². The van der Waals surface area contributed by atoms with Crippen molar-refractivity contribution in [3.8, 4) is 0 Å². The molecule has 9 nitrogen and oxygen atoms in total. The summed E-state index contributed by atoms with van der Waals surface area (Å²) in [6.45, 7) is 9.37. The maximum absolute atomic E-state index is 14.3. The van der Waals surface area contributed by atoms with Gasteiger partial charge in [-0.3, -0.25) is 14.4 Å². The predicted octanol–water partition coefficient (Wildman–Crippen LogP) is 6.40. The molecule has 0 aliphatic carbocycles. The van der Waals surface area contributed by atoms with Crippen molar-refractivity contribution in [2.24, 2.45) is 5.73 Å². The third kappa shape index (κ3) is 10.4. The quantitative estimate of drug-likeness (QED) is 0.184. The highest BCUT2D eigenvalue weighted by atomic mass is 16.6. The molecule has 0 saturated carbocycles. The van der Waals surface area contributed by atoms with Gasteiger partial charge >= 0.3 is 6.09 Å². The van der Waals surface area contributed by atoms with Crippen molar-refractivity contribution in [1.29, 1.82) is 0 Å². The minimum absolute atomic E-state index is 0.234. The number of rotatable bonds is 14. The molecule has 0 aliphatic heterocycles. The monoisotopic (exact) mass is 602 g/mol. The Morgan fingerprint density at radius 3 is 2.25 bits per heavy atom. The average Bonchev–Trinajstić information content (AvgIpc) is 2.94. The van der Waals surface area contributed by atoms with E-state index in [-0.39, 0.29) is 6.54 Å². The lowest BCUT2D eigenvalue weighted by Crippen LogP contribution is -2.53. The second-order valence-electron chi connectivity index (χ2n) is 12.2. The van der Waals surface area contributed by atoms with Crippen molar-refractivity contribution < 1.29 is 23.9 Å². The Labute approximate surface area is 260 Å². The molecule has 3 rings (SSSR count). The number of alkyl carbamates (subject to hydrolysis) is 1. The van der Waals surface area contributed by atoms with Gasteiger partial charge in [-0.2, -0.15) is 0 Å². The Balaban J connectivity index is 2.03. The summed E-state index contributed by atoms with van der Waals surface area (Å²) in [5.41, 5.74) is 6.81. The number of benzene rings is 3. The van der Waals surface area contributed by atoms with E-state index in [9.17, 15) is 19.2 Å². The second-order valence-corrected chi connectivity index (χ2v) is 12.2. The molecule has 0 fully saturated rings. The molecule has 4 amide bonds. The molecule has 0 heterocycles. The molecule has 0 aliphatic rings. The number of carbonyl (C=O) groups is 4. The number of aryl methyl sites for hydroxylation is 1. The van der Waals surface area contributed by atoms with Crippen LogP contribution >= 0.6 is 0 Å². The largest absolute Gasteiger partial charge is 0.444 e. The number of ether oxygens (including phenoxy) is 1. The number of hydrogen-bond acceptors (Lipinski definition) is 5. The molecule has 0 bridgehead atoms. The first-order valence-electron chi connectivity index (χ1n) is 15.3. The van der Waals surface area contributed by atoms with Gasteiger partial charge in [0.05, 0.1) is 6.42 Å². The Morgan fingerprint density at radius 2 is 1.59 bits per heavy atom. The summed E-state index contributed by atoms with van der Waals surface area (Å²) < 4.78 is 5.38. The normalized spacial score (nSPS) is 12.7. The topological polar surface area (TPSA) is 131 Å². The molecule has 0 spiro atoms. The van der Waals surface area contributed by atoms with E-state index in [1.54, 1.807) is 26.8 Å². The van der Waals surface area contributed by atoms with Crippen LogP contribution < -0.4 is 16.4 Å². The van der Waals surface area contributed by atoms with Crippen LogP contribution in [0.25, 0.3) is 10.8 Å². The molecule has 9 heteroatoms. The predicted molar refractivity (Wildman–Crippen MR) is 174 cm³/mol. The van der Waals surface area contributed by atoms with Gasteiger partial charge in [0.2, 0.25) is 11.8 Å². The van der Waals surface area contributed by atoms with E-state index in [1.165, 1.54) is 4.90 Å². The number of fused-ring (bicyclic) bond motifs is 1. The fourth-order valence-corrected chi connectivity index (χ4v) is 5.09. The molecule has 4 N–H and O–H groups in total. The lowest BCUT2D eigenvalue weighted by atomic mass is 9.99. The Bertz CT molecular complexity index is 1450. The van der Waals surface area contributed by atoms with Gasteiger partial charge in [0.1, 0.15) is 17.7 Å². The van der Waals surface area contributed by atoms with Crippen molar-refractivity contribution in [2.45, 2.75) is 90.8 Å². The van der Waals surface area contributed by atoms with Gasteiger partial charge in [0, 0.05) is 12.2 Å². The van der Waals surface area contributed by atoms with Crippen LogP contribution in [0.5, 0.6) is 0 Å². The van der Waals surface area contributed by atoms with Gasteiger partial charge in [-0.15, -0.1) is 0 Å². The third-order valence-electron chi connectivity index (χ3n) is 7.11. The average molecular weight is 603 g/mol. The zero-order valence-electron chi connectivity index (χ0n) is 26.5. The third-order valence-corrected chi connectivity index (χ3v) is 7.11. The summed E-state index contributed by atoms with van der Waals surface area (Å²) in [7, 11) is 0. The van der Waals surface area contributed by atoms with E-state index in [0.29, 0.717) is 17.7 Å². The van der Waals surface area contributed by atoms with Crippen molar-refractivity contribution in [3.05, 3.63) is 77.9 Å². The van der Waals surface area contributed by atoms with Crippen molar-refractivity contribution in [2.75, 3.05) is 11.9 Å². The fraction of sp³-hybridized carbons (Fsp3) is 0.429. The van der Waals surface area contributed by atoms with Crippen LogP contribution in [0.4, 0.5) is 10.5 Å². The SMILES string of the molecule is CCCCCCCN(C(=O)C(CC(N)=O)NC(=O)OC(C)(C)C)C(C(=O)Nc1ccc2ccccc2c1)c1cccc(C)c1. The smallest absolute Gasteiger partial charge is 0.408 e. The molecule has 2 unspecified atom stereocenters. The van der Waals surface area contributed by atoms with Gasteiger partial charge in [0.25, 0.3) is 5.91 Å². The van der Waals surface area contributed by atoms with Crippen LogP contribution in [-0.2, 0) is 19.1 Å². The molecule has 0 saturated heterocycles. The van der Waals surface area contributed by atoms with E-state index in [0.717, 1.165) is 42.0 Å². The molecular weight excluding hydrogens is 556 g/mol. The van der Waals surface area contributed by atoms with Gasteiger partial charge in [-0.25, -0.2) is 4.79 Å². The van der Waals surface area contributed by atoms with Crippen LogP contribution in [0.15, 0.2) is 66.7 Å². The summed E-state index contributed by atoms with van der Waals surface area (Å²) in [6, 6.07) is 18.5. The lowest BCUT2D eigenvalue weighted by molar-refractivity contribution is -0.142. The zero-order chi connectivity index (χ0) is 32.3. The van der Waals surface area contributed by atoms with Crippen molar-refractivity contribution in [3.63, 3.8) is 0 Å². The van der Waals surface area contributed by atoms with E-state index in [1.807, 2.05) is 67.6 Å². The Hall–Kier alpha value is -4.40. The maximum Gasteiger partial charge on any atom is 0.408 e. The number of anilines is 1. The minimum atomic E-state index is -1.32. The van der Waals surface area contributed by atoms with Crippen LogP contribution in [-0.4, -0.2) is 46.9 Å². The second kappa shape index (κ2) is 15.9. The molecule has 236 valence electrons. The Kier molecular flexibility index (Phi) is 12.3. The first-order chi connectivity index (χ1) is 20.9. The highest BCUT2D eigenvalue weighted by Gasteiger charge is 2.37. The molecule has 2 atom stereocenters. The first kappa shape index (κ1) is 34.1. The number of unbranched alkanes of at least 4 members (excludes halogenated alkanes) is 4. The van der Waals surface area contributed by atoms with Crippen LogP contribution in [0.1, 0.15) is 83.4 Å². The first-order valence-corrected chi connectivity index (χ1v) is 15.3. The summed E-state index contributed by atoms with van der Waals surface area (Å²) in [5.74, 6) is -1.77. The number of carbonyl (C=O) groups excluding carboxylic acids is 4. The number of nitrogens with two attached hydrogens (primary N) is 1. The van der Waals surface area contributed by atoms with Crippen molar-refractivity contribution >= 4 is 40.3 Å². The molecule has 3 aromatic rings. The summed E-state index contributed by atoms with van der Waals surface area (Å²) in [4.78, 5) is 54.8. The van der Waals surface area contributed by atoms with Crippen LogP contribution in [0.3, 0.4) is 0 Å². The van der Waals surface area contributed by atoms with Crippen LogP contribution in [0, 0.1) is 6.92 Å². The zero-order valence-corrected chi connectivity index (χ0v) is 26.5. The highest BCUT2D eigenvalue weighted by molar-refractivity contribution is 6.01. The van der Waals surface area contributed by atoms with Gasteiger partial charge in [0.15, 0.2) is 0 Å². The van der Waals surface area contributed by atoms with Gasteiger partial charge in [-0.1, -0.05) is 92.8 Å². The minimum Gasteiger partial charge on any atom is -0.444 e. The molecule has 0 aromatic heterocycles. The molecular formula is C35H46N4O5. The Morgan fingerprint density at radius 1 is 0.886 bits per heavy atom. The maximum atomic E-state index is 14.3. The van der Waals surface area contributed by atoms with E-state index in [4.69, 9.17) is 10.5 Å².